The third kappa shape index (κ3) is 3.69. The van der Waals surface area contributed by atoms with Crippen molar-refractivity contribution in [2.24, 2.45) is 5.41 Å². The van der Waals surface area contributed by atoms with Gasteiger partial charge in [0, 0.05) is 12.2 Å². The van der Waals surface area contributed by atoms with Gasteiger partial charge in [-0.25, -0.2) is 4.21 Å². The number of phenolic OH excluding ortho intramolecular Hbond substituents is 1. The average Bonchev–Trinajstić information content (AvgIpc) is 2.77. The van der Waals surface area contributed by atoms with Crippen LogP contribution in [-0.4, -0.2) is 21.0 Å². The number of hydrogen-bond donors (Lipinski definition) is 1. The molecule has 1 N–H and O–H groups in total. The zero-order chi connectivity index (χ0) is 19.6. The van der Waals surface area contributed by atoms with E-state index < -0.39 is 16.2 Å². The number of carbonyl (C=O) groups is 1. The fourth-order valence-corrected chi connectivity index (χ4v) is 5.42. The topological polar surface area (TPSA) is 57.6 Å². The van der Waals surface area contributed by atoms with Crippen molar-refractivity contribution in [3.8, 4) is 5.75 Å². The predicted octanol–water partition coefficient (Wildman–Crippen LogP) is 5.53. The Hall–Kier alpha value is -1.66. The molecule has 0 aliphatic carbocycles. The Labute approximate surface area is 171 Å². The van der Waals surface area contributed by atoms with E-state index in [9.17, 15) is 14.1 Å². The summed E-state index contributed by atoms with van der Waals surface area (Å²) in [6, 6.07) is 13.0. The second-order valence-corrected chi connectivity index (χ2v) is 9.19. The largest absolute Gasteiger partial charge is 0.507 e. The molecule has 0 spiro atoms. The molecule has 3 rings (SSSR count). The molecule has 144 valence electrons. The van der Waals surface area contributed by atoms with Crippen molar-refractivity contribution in [2.45, 2.75) is 44.4 Å². The van der Waals surface area contributed by atoms with Gasteiger partial charge in [-0.1, -0.05) is 44.9 Å². The number of hydrogen-bond acceptors (Lipinski definition) is 4. The minimum Gasteiger partial charge on any atom is -0.507 e. The second kappa shape index (κ2) is 8.15. The molecule has 0 amide bonds. The van der Waals surface area contributed by atoms with E-state index in [1.807, 2.05) is 37.3 Å². The molecule has 2 atom stereocenters. The lowest BCUT2D eigenvalue weighted by molar-refractivity contribution is -0.120. The number of fused-ring (bicyclic) bond motifs is 1. The van der Waals surface area contributed by atoms with Crippen LogP contribution < -0.4 is 4.90 Å². The molecule has 1 aliphatic rings. The summed E-state index contributed by atoms with van der Waals surface area (Å²) in [5, 5.41) is 9.91. The van der Waals surface area contributed by atoms with Crippen LogP contribution in [0.2, 0.25) is 0 Å². The number of phenols is 1. The van der Waals surface area contributed by atoms with E-state index in [4.69, 9.17) is 0 Å². The number of unbranched alkanes of at least 4 members (excludes halogenated alkanes) is 1. The molecule has 2 unspecified atom stereocenters. The summed E-state index contributed by atoms with van der Waals surface area (Å²) >= 11 is 3.36. The summed E-state index contributed by atoms with van der Waals surface area (Å²) in [6.45, 7) is 4.57. The Kier molecular flexibility index (Phi) is 6.06. The van der Waals surface area contributed by atoms with Crippen LogP contribution in [0, 0.1) is 5.41 Å². The van der Waals surface area contributed by atoms with Crippen molar-refractivity contribution in [3.05, 3.63) is 46.9 Å². The van der Waals surface area contributed by atoms with Gasteiger partial charge in [-0.2, -0.15) is 0 Å². The van der Waals surface area contributed by atoms with E-state index in [-0.39, 0.29) is 10.9 Å². The highest BCUT2D eigenvalue weighted by Crippen LogP contribution is 2.46. The van der Waals surface area contributed by atoms with Crippen LogP contribution in [0.25, 0.3) is 0 Å². The predicted molar refractivity (Wildman–Crippen MR) is 113 cm³/mol. The molecule has 6 heteroatoms. The lowest BCUT2D eigenvalue weighted by Gasteiger charge is -2.35. The van der Waals surface area contributed by atoms with E-state index in [1.54, 1.807) is 6.07 Å². The quantitative estimate of drug-likeness (QED) is 0.651. The monoisotopic (exact) mass is 449 g/mol. The molecule has 0 saturated carbocycles. The molecule has 2 aromatic rings. The zero-order valence-electron chi connectivity index (χ0n) is 15.6. The normalized spacial score (nSPS) is 22.4. The van der Waals surface area contributed by atoms with Gasteiger partial charge < -0.3 is 10.0 Å². The number of nitrogens with zero attached hydrogens (tertiary/aromatic N) is 1. The third-order valence-corrected chi connectivity index (χ3v) is 7.47. The summed E-state index contributed by atoms with van der Waals surface area (Å²) in [4.78, 5) is 15.8. The van der Waals surface area contributed by atoms with Crippen LogP contribution in [0.4, 0.5) is 11.4 Å². The fourth-order valence-electron chi connectivity index (χ4n) is 3.61. The molecular weight excluding hydrogens is 426 g/mol. The SMILES string of the molecule is CCCCC1(CC)CN(c2ccccc2)c2cc(Br)c(O)cc2S(=O)C1=O. The summed E-state index contributed by atoms with van der Waals surface area (Å²) in [5.41, 5.74) is 0.958. The van der Waals surface area contributed by atoms with Crippen LogP contribution in [0.5, 0.6) is 5.75 Å². The fraction of sp³-hybridized carbons (Fsp3) is 0.381. The van der Waals surface area contributed by atoms with Gasteiger partial charge in [0.05, 0.1) is 20.5 Å². The van der Waals surface area contributed by atoms with Crippen molar-refractivity contribution in [3.63, 3.8) is 0 Å². The zero-order valence-corrected chi connectivity index (χ0v) is 18.0. The molecule has 0 aromatic heterocycles. The maximum atomic E-state index is 13.3. The van der Waals surface area contributed by atoms with Gasteiger partial charge in [0.15, 0.2) is 0 Å². The van der Waals surface area contributed by atoms with E-state index in [1.165, 1.54) is 6.07 Å². The summed E-state index contributed by atoms with van der Waals surface area (Å²) in [6.07, 6.45) is 3.22. The number of benzene rings is 2. The van der Waals surface area contributed by atoms with E-state index in [0.29, 0.717) is 34.4 Å². The Morgan fingerprint density at radius 1 is 1.22 bits per heavy atom. The Morgan fingerprint density at radius 2 is 1.93 bits per heavy atom. The van der Waals surface area contributed by atoms with Crippen LogP contribution in [-0.2, 0) is 15.6 Å². The molecular formula is C21H24BrNO3S. The second-order valence-electron chi connectivity index (χ2n) is 6.99. The number of rotatable bonds is 5. The minimum absolute atomic E-state index is 0.0135. The van der Waals surface area contributed by atoms with Gasteiger partial charge in [-0.15, -0.1) is 0 Å². The minimum atomic E-state index is -1.82. The summed E-state index contributed by atoms with van der Waals surface area (Å²) in [7, 11) is -1.82. The Morgan fingerprint density at radius 3 is 2.56 bits per heavy atom. The highest BCUT2D eigenvalue weighted by molar-refractivity contribution is 9.10. The number of halogens is 1. The lowest BCUT2D eigenvalue weighted by atomic mass is 9.80. The Balaban J connectivity index is 2.23. The van der Waals surface area contributed by atoms with Crippen LogP contribution in [0.3, 0.4) is 0 Å². The van der Waals surface area contributed by atoms with E-state index in [2.05, 4.69) is 27.8 Å². The van der Waals surface area contributed by atoms with Crippen LogP contribution in [0.1, 0.15) is 39.5 Å². The van der Waals surface area contributed by atoms with Crippen molar-refractivity contribution >= 4 is 43.2 Å². The molecule has 1 aliphatic heterocycles. The summed E-state index contributed by atoms with van der Waals surface area (Å²) < 4.78 is 13.7. The molecule has 0 radical (unpaired) electrons. The number of para-hydroxylation sites is 1. The molecule has 0 fully saturated rings. The van der Waals surface area contributed by atoms with Gasteiger partial charge in [-0.3, -0.25) is 4.79 Å². The smallest absolute Gasteiger partial charge is 0.231 e. The van der Waals surface area contributed by atoms with Gasteiger partial charge in [0.1, 0.15) is 16.5 Å². The molecule has 0 bridgehead atoms. The van der Waals surface area contributed by atoms with Gasteiger partial charge >= 0.3 is 0 Å². The van der Waals surface area contributed by atoms with Gasteiger partial charge in [0.25, 0.3) is 0 Å². The average molecular weight is 450 g/mol. The third-order valence-electron chi connectivity index (χ3n) is 5.33. The first-order valence-corrected chi connectivity index (χ1v) is 11.2. The van der Waals surface area contributed by atoms with Crippen LogP contribution in [0.15, 0.2) is 51.8 Å². The van der Waals surface area contributed by atoms with Crippen LogP contribution >= 0.6 is 15.9 Å². The van der Waals surface area contributed by atoms with E-state index in [0.717, 1.165) is 18.5 Å². The number of anilines is 2. The number of aromatic hydroxyl groups is 1. The molecule has 0 saturated heterocycles. The standard InChI is InChI=1S/C21H24BrNO3S/c1-3-5-11-21(4-2)14-23(15-9-7-6-8-10-15)17-12-16(22)18(24)13-19(17)27(26)20(21)25/h6-10,12-13,24H,3-5,11,14H2,1-2H3. The Bertz CT molecular complexity index is 871. The summed E-state index contributed by atoms with van der Waals surface area (Å²) in [5.74, 6) is -0.0135. The van der Waals surface area contributed by atoms with Crippen molar-refractivity contribution < 1.29 is 14.1 Å². The van der Waals surface area contributed by atoms with Gasteiger partial charge in [0.2, 0.25) is 5.12 Å². The molecule has 1 heterocycles. The number of carbonyl (C=O) groups excluding carboxylic acids is 1. The maximum absolute atomic E-state index is 13.3. The lowest BCUT2D eigenvalue weighted by Crippen LogP contribution is -2.40. The van der Waals surface area contributed by atoms with E-state index >= 15 is 0 Å². The highest BCUT2D eigenvalue weighted by Gasteiger charge is 2.45. The first-order chi connectivity index (χ1) is 12.9. The van der Waals surface area contributed by atoms with Crippen molar-refractivity contribution in [1.29, 1.82) is 0 Å². The molecule has 27 heavy (non-hydrogen) atoms. The highest BCUT2D eigenvalue weighted by atomic mass is 79.9. The van der Waals surface area contributed by atoms with Crippen molar-refractivity contribution in [1.82, 2.24) is 0 Å². The molecule has 2 aromatic carbocycles. The van der Waals surface area contributed by atoms with Crippen molar-refractivity contribution in [2.75, 3.05) is 11.4 Å². The first-order valence-electron chi connectivity index (χ1n) is 9.25. The first kappa shape index (κ1) is 20.1. The van der Waals surface area contributed by atoms with Gasteiger partial charge in [-0.05, 0) is 53.0 Å². The maximum Gasteiger partial charge on any atom is 0.231 e. The molecule has 4 nitrogen and oxygen atoms in total.